The Morgan fingerprint density at radius 3 is 2.58 bits per heavy atom. The van der Waals surface area contributed by atoms with E-state index in [1.165, 1.54) is 12.1 Å². The lowest BCUT2D eigenvalue weighted by atomic mass is 10.2. The van der Waals surface area contributed by atoms with Crippen molar-refractivity contribution in [2.24, 2.45) is 5.14 Å². The number of carboxylic acids is 1. The van der Waals surface area contributed by atoms with E-state index in [9.17, 15) is 13.2 Å². The van der Waals surface area contributed by atoms with Crippen LogP contribution < -0.4 is 9.88 Å². The molecule has 0 aromatic heterocycles. The Labute approximate surface area is 112 Å². The Balaban J connectivity index is 2.53. The highest BCUT2D eigenvalue weighted by atomic mass is 32.2. The average molecular weight is 287 g/mol. The summed E-state index contributed by atoms with van der Waals surface area (Å²) in [4.78, 5) is 10.4. The van der Waals surface area contributed by atoms with Crippen LogP contribution in [0.15, 0.2) is 23.1 Å². The molecule has 1 aromatic carbocycles. The van der Waals surface area contributed by atoms with Gasteiger partial charge in [0, 0.05) is 6.42 Å². The first-order valence-corrected chi connectivity index (χ1v) is 7.33. The third-order valence-corrected chi connectivity index (χ3v) is 3.58. The first kappa shape index (κ1) is 15.5. The van der Waals surface area contributed by atoms with Crippen molar-refractivity contribution in [3.8, 4) is 5.75 Å². The van der Waals surface area contributed by atoms with Gasteiger partial charge in [-0.3, -0.25) is 4.79 Å². The number of carbonyl (C=O) groups is 1. The summed E-state index contributed by atoms with van der Waals surface area (Å²) >= 11 is 0. The number of hydrogen-bond donors (Lipinski definition) is 2. The van der Waals surface area contributed by atoms with E-state index in [1.54, 1.807) is 13.0 Å². The molecule has 6 nitrogen and oxygen atoms in total. The molecule has 0 atom stereocenters. The smallest absolute Gasteiger partial charge is 0.303 e. The van der Waals surface area contributed by atoms with E-state index in [0.717, 1.165) is 0 Å². The monoisotopic (exact) mass is 287 g/mol. The molecule has 0 aliphatic carbocycles. The summed E-state index contributed by atoms with van der Waals surface area (Å²) in [5.41, 5.74) is 0.519. The van der Waals surface area contributed by atoms with Gasteiger partial charge in [0.05, 0.1) is 11.5 Å². The molecule has 0 saturated carbocycles. The molecular weight excluding hydrogens is 270 g/mol. The lowest BCUT2D eigenvalue weighted by molar-refractivity contribution is -0.137. The fraction of sp³-hybridized carbons (Fsp3) is 0.417. The summed E-state index contributed by atoms with van der Waals surface area (Å²) in [6.45, 7) is 2.03. The van der Waals surface area contributed by atoms with Gasteiger partial charge in [0.2, 0.25) is 10.0 Å². The molecule has 0 radical (unpaired) electrons. The Morgan fingerprint density at radius 1 is 1.37 bits per heavy atom. The zero-order chi connectivity index (χ0) is 14.5. The van der Waals surface area contributed by atoms with Gasteiger partial charge in [0.1, 0.15) is 5.75 Å². The van der Waals surface area contributed by atoms with Gasteiger partial charge in [0.25, 0.3) is 0 Å². The van der Waals surface area contributed by atoms with E-state index < -0.39 is 16.0 Å². The molecule has 0 fully saturated rings. The maximum absolute atomic E-state index is 11.2. The van der Waals surface area contributed by atoms with Crippen molar-refractivity contribution in [3.63, 3.8) is 0 Å². The third-order valence-electron chi connectivity index (χ3n) is 2.51. The Bertz CT molecular complexity index is 553. The van der Waals surface area contributed by atoms with E-state index in [0.29, 0.717) is 30.8 Å². The summed E-state index contributed by atoms with van der Waals surface area (Å²) in [5, 5.41) is 13.5. The summed E-state index contributed by atoms with van der Waals surface area (Å²) in [7, 11) is -3.71. The van der Waals surface area contributed by atoms with Crippen molar-refractivity contribution in [3.05, 3.63) is 23.8 Å². The number of hydrogen-bond acceptors (Lipinski definition) is 4. The van der Waals surface area contributed by atoms with E-state index in [-0.39, 0.29) is 11.3 Å². The second kappa shape index (κ2) is 6.53. The van der Waals surface area contributed by atoms with Gasteiger partial charge in [-0.2, -0.15) is 0 Å². The fourth-order valence-corrected chi connectivity index (χ4v) is 2.36. The molecule has 0 amide bonds. The van der Waals surface area contributed by atoms with Gasteiger partial charge >= 0.3 is 5.97 Å². The van der Waals surface area contributed by atoms with Crippen LogP contribution >= 0.6 is 0 Å². The van der Waals surface area contributed by atoms with Crippen molar-refractivity contribution < 1.29 is 23.1 Å². The van der Waals surface area contributed by atoms with Gasteiger partial charge in [-0.25, -0.2) is 13.6 Å². The molecule has 0 aliphatic rings. The minimum atomic E-state index is -3.71. The number of primary sulfonamides is 1. The standard InChI is InChI=1S/C12H17NO5S/c1-9-8-10(5-6-11(9)19(13,16)17)18-7-3-2-4-12(14)15/h5-6,8H,2-4,7H2,1H3,(H,14,15)(H2,13,16,17). The maximum atomic E-state index is 11.2. The molecule has 1 aromatic rings. The van der Waals surface area contributed by atoms with Crippen LogP contribution in [-0.4, -0.2) is 26.1 Å². The SMILES string of the molecule is Cc1cc(OCCCCC(=O)O)ccc1S(N)(=O)=O. The van der Waals surface area contributed by atoms with E-state index in [4.69, 9.17) is 15.0 Å². The van der Waals surface area contributed by atoms with Gasteiger partial charge in [-0.1, -0.05) is 0 Å². The first-order valence-electron chi connectivity index (χ1n) is 5.79. The van der Waals surface area contributed by atoms with Crippen LogP contribution in [0.2, 0.25) is 0 Å². The molecule has 0 aliphatic heterocycles. The fourth-order valence-electron chi connectivity index (χ4n) is 1.60. The molecule has 19 heavy (non-hydrogen) atoms. The number of ether oxygens (including phenoxy) is 1. The second-order valence-electron chi connectivity index (χ2n) is 4.17. The number of carboxylic acid groups (broad SMARTS) is 1. The highest BCUT2D eigenvalue weighted by Gasteiger charge is 2.11. The Kier molecular flexibility index (Phi) is 5.31. The minimum absolute atomic E-state index is 0.0747. The van der Waals surface area contributed by atoms with Gasteiger partial charge in [-0.05, 0) is 43.5 Å². The second-order valence-corrected chi connectivity index (χ2v) is 5.70. The number of aryl methyl sites for hydroxylation is 1. The number of nitrogens with two attached hydrogens (primary N) is 1. The van der Waals surface area contributed by atoms with Gasteiger partial charge in [-0.15, -0.1) is 0 Å². The zero-order valence-corrected chi connectivity index (χ0v) is 11.4. The van der Waals surface area contributed by atoms with Crippen LogP contribution in [0.4, 0.5) is 0 Å². The Morgan fingerprint density at radius 2 is 2.05 bits per heavy atom. The third kappa shape index (κ3) is 5.27. The first-order chi connectivity index (χ1) is 8.80. The van der Waals surface area contributed by atoms with Crippen LogP contribution in [0, 0.1) is 6.92 Å². The van der Waals surface area contributed by atoms with Crippen LogP contribution in [0.1, 0.15) is 24.8 Å². The maximum Gasteiger partial charge on any atom is 0.303 e. The largest absolute Gasteiger partial charge is 0.494 e. The molecule has 3 N–H and O–H groups in total. The minimum Gasteiger partial charge on any atom is -0.494 e. The van der Waals surface area contributed by atoms with Crippen molar-refractivity contribution in [1.82, 2.24) is 0 Å². The number of rotatable bonds is 7. The van der Waals surface area contributed by atoms with Crippen molar-refractivity contribution in [2.75, 3.05) is 6.61 Å². The molecule has 106 valence electrons. The quantitative estimate of drug-likeness (QED) is 0.734. The summed E-state index contributed by atoms with van der Waals surface area (Å²) in [5.74, 6) is -0.284. The number of unbranched alkanes of at least 4 members (excludes halogenated alkanes) is 1. The molecule has 1 rings (SSSR count). The Hall–Kier alpha value is -1.60. The lowest BCUT2D eigenvalue weighted by Crippen LogP contribution is -2.13. The topological polar surface area (TPSA) is 107 Å². The molecule has 0 spiro atoms. The molecular formula is C12H17NO5S. The van der Waals surface area contributed by atoms with Crippen LogP contribution in [0.5, 0.6) is 5.75 Å². The number of benzene rings is 1. The van der Waals surface area contributed by atoms with Gasteiger partial charge < -0.3 is 9.84 Å². The molecule has 7 heteroatoms. The van der Waals surface area contributed by atoms with Crippen molar-refractivity contribution in [1.29, 1.82) is 0 Å². The lowest BCUT2D eigenvalue weighted by Gasteiger charge is -2.08. The van der Waals surface area contributed by atoms with Gasteiger partial charge in [0.15, 0.2) is 0 Å². The average Bonchev–Trinajstić information content (AvgIpc) is 2.26. The normalized spacial score (nSPS) is 11.3. The summed E-state index contributed by atoms with van der Waals surface area (Å²) in [6, 6.07) is 4.53. The highest BCUT2D eigenvalue weighted by molar-refractivity contribution is 7.89. The van der Waals surface area contributed by atoms with E-state index >= 15 is 0 Å². The van der Waals surface area contributed by atoms with Crippen molar-refractivity contribution in [2.45, 2.75) is 31.1 Å². The van der Waals surface area contributed by atoms with Crippen LogP contribution in [-0.2, 0) is 14.8 Å². The predicted molar refractivity (Wildman–Crippen MR) is 69.5 cm³/mol. The van der Waals surface area contributed by atoms with E-state index in [2.05, 4.69) is 0 Å². The van der Waals surface area contributed by atoms with Crippen LogP contribution in [0.3, 0.4) is 0 Å². The van der Waals surface area contributed by atoms with Crippen LogP contribution in [0.25, 0.3) is 0 Å². The van der Waals surface area contributed by atoms with E-state index in [1.807, 2.05) is 0 Å². The molecule has 0 heterocycles. The molecule has 0 saturated heterocycles. The summed E-state index contributed by atoms with van der Waals surface area (Å²) < 4.78 is 27.8. The number of aliphatic carboxylic acids is 1. The predicted octanol–water partition coefficient (Wildman–Crippen LogP) is 1.28. The zero-order valence-electron chi connectivity index (χ0n) is 10.6. The number of sulfonamides is 1. The summed E-state index contributed by atoms with van der Waals surface area (Å²) in [6.07, 6.45) is 1.29. The molecule has 0 unspecified atom stereocenters. The van der Waals surface area contributed by atoms with Crippen molar-refractivity contribution >= 4 is 16.0 Å². The highest BCUT2D eigenvalue weighted by Crippen LogP contribution is 2.20. The molecule has 0 bridgehead atoms.